The Bertz CT molecular complexity index is 1470. The third-order valence-corrected chi connectivity index (χ3v) is 11.9. The van der Waals surface area contributed by atoms with Crippen LogP contribution in [0.5, 0.6) is 0 Å². The number of hydrogen-bond acceptors (Lipinski definition) is 10. The lowest BCUT2D eigenvalue weighted by molar-refractivity contribution is -0.235. The van der Waals surface area contributed by atoms with Gasteiger partial charge < -0.3 is 34.7 Å². The number of ether oxygens (including phenoxy) is 4. The van der Waals surface area contributed by atoms with Gasteiger partial charge in [-0.25, -0.2) is 0 Å². The zero-order valence-electron chi connectivity index (χ0n) is 27.1. The number of amides is 2. The van der Waals surface area contributed by atoms with Crippen molar-refractivity contribution in [2.45, 2.75) is 113 Å². The first kappa shape index (κ1) is 31.1. The Balaban J connectivity index is 0.962. The van der Waals surface area contributed by atoms with Gasteiger partial charge in [-0.3, -0.25) is 19.2 Å². The molecule has 4 saturated carbocycles. The van der Waals surface area contributed by atoms with Gasteiger partial charge in [0.2, 0.25) is 11.8 Å². The van der Waals surface area contributed by atoms with Gasteiger partial charge in [0, 0.05) is 37.8 Å². The number of benzene rings is 1. The molecule has 8 fully saturated rings. The summed E-state index contributed by atoms with van der Waals surface area (Å²) in [6.07, 6.45) is 10.7. The lowest BCUT2D eigenvalue weighted by Crippen LogP contribution is -2.69. The molecular formula is C36H45N3O9. The third-order valence-electron chi connectivity index (χ3n) is 11.9. The summed E-state index contributed by atoms with van der Waals surface area (Å²) in [6, 6.07) is 7.21. The number of hydroxylamine groups is 2. The van der Waals surface area contributed by atoms with Crippen molar-refractivity contribution in [1.29, 1.82) is 0 Å². The maximum absolute atomic E-state index is 14.3. The van der Waals surface area contributed by atoms with Crippen LogP contribution in [0.25, 0.3) is 6.08 Å². The number of fused-ring (bicyclic) bond motifs is 5. The molecule has 2 bridgehead atoms. The normalized spacial score (nSPS) is 39.1. The average Bonchev–Trinajstić information content (AvgIpc) is 3.98. The molecule has 2 amide bonds. The van der Waals surface area contributed by atoms with Gasteiger partial charge in [0.15, 0.2) is 11.8 Å². The number of nitrogens with one attached hydrogen (secondary N) is 2. The molecule has 0 aromatic heterocycles. The van der Waals surface area contributed by atoms with Crippen LogP contribution < -0.4 is 10.6 Å². The van der Waals surface area contributed by atoms with E-state index < -0.39 is 47.6 Å². The van der Waals surface area contributed by atoms with E-state index in [2.05, 4.69) is 34.9 Å². The molecule has 48 heavy (non-hydrogen) atoms. The molecule has 4 aliphatic carbocycles. The Kier molecular flexibility index (Phi) is 7.71. The van der Waals surface area contributed by atoms with Crippen LogP contribution >= 0.6 is 0 Å². The monoisotopic (exact) mass is 663 g/mol. The van der Waals surface area contributed by atoms with Crippen LogP contribution in [0.15, 0.2) is 30.3 Å². The second-order valence-electron chi connectivity index (χ2n) is 15.1. The smallest absolute Gasteiger partial charge is 0.327 e. The summed E-state index contributed by atoms with van der Waals surface area (Å²) in [6.45, 7) is 0.350. The second-order valence-corrected chi connectivity index (χ2v) is 15.1. The van der Waals surface area contributed by atoms with Crippen LogP contribution in [0.2, 0.25) is 0 Å². The number of allylic oxidation sites excluding steroid dienone is 1. The molecule has 4 aliphatic heterocycles. The number of carbonyl (C=O) groups excluding carboxylic acids is 3. The van der Waals surface area contributed by atoms with Gasteiger partial charge in [-0.05, 0) is 62.0 Å². The number of epoxide rings is 1. The Morgan fingerprint density at radius 3 is 2.44 bits per heavy atom. The maximum atomic E-state index is 14.3. The van der Waals surface area contributed by atoms with Crippen LogP contribution in [0, 0.1) is 23.2 Å². The summed E-state index contributed by atoms with van der Waals surface area (Å²) in [5.41, 5.74) is 0.764. The quantitative estimate of drug-likeness (QED) is 0.224. The number of rotatable bonds is 12. The van der Waals surface area contributed by atoms with Gasteiger partial charge in [0.25, 0.3) is 0 Å². The van der Waals surface area contributed by atoms with Gasteiger partial charge in [-0.15, -0.1) is 0 Å². The van der Waals surface area contributed by atoms with Crippen molar-refractivity contribution in [2.75, 3.05) is 19.7 Å². The first-order valence-electron chi connectivity index (χ1n) is 18.0. The molecule has 0 radical (unpaired) electrons. The number of aliphatic hydroxyl groups is 1. The van der Waals surface area contributed by atoms with E-state index in [9.17, 15) is 14.4 Å². The summed E-state index contributed by atoms with van der Waals surface area (Å²) in [4.78, 5) is 47.1. The lowest BCUT2D eigenvalue weighted by Gasteiger charge is -2.48. The van der Waals surface area contributed by atoms with Gasteiger partial charge >= 0.3 is 5.97 Å². The average molecular weight is 664 g/mol. The molecular weight excluding hydrogens is 618 g/mol. The topological polar surface area (TPSA) is 148 Å². The number of nitrogens with zero attached hydrogens (tertiary/aromatic N) is 1. The fourth-order valence-electron chi connectivity index (χ4n) is 9.18. The minimum Gasteiger partial charge on any atom is -0.458 e. The van der Waals surface area contributed by atoms with Crippen molar-refractivity contribution in [2.24, 2.45) is 23.2 Å². The van der Waals surface area contributed by atoms with E-state index in [4.69, 9.17) is 28.9 Å². The summed E-state index contributed by atoms with van der Waals surface area (Å²) >= 11 is 0. The van der Waals surface area contributed by atoms with Crippen LogP contribution in [0.4, 0.5) is 0 Å². The SMILES string of the molecule is O=C(CCNC(=O)[C@@]12C[C@H]3OC(=O)[C@@H]1N(Cc1ccc(C=CC4CCC5OC5C4)cc1)O[C@@H]2[C@H]1OC(C2CC2)(C2CC2)O[C@H]13)NCCO. The molecule has 9 atom stereocenters. The predicted molar refractivity (Wildman–Crippen MR) is 168 cm³/mol. The molecule has 3 N–H and O–H groups in total. The van der Waals surface area contributed by atoms with E-state index in [1.807, 2.05) is 12.1 Å². The minimum atomic E-state index is -1.28. The van der Waals surface area contributed by atoms with Crippen LogP contribution in [-0.4, -0.2) is 96.1 Å². The Morgan fingerprint density at radius 2 is 1.71 bits per heavy atom. The molecule has 12 nitrogen and oxygen atoms in total. The van der Waals surface area contributed by atoms with Crippen LogP contribution in [0.1, 0.15) is 68.9 Å². The number of aliphatic hydroxyl groups excluding tert-OH is 1. The van der Waals surface area contributed by atoms with Gasteiger partial charge in [0.1, 0.15) is 29.8 Å². The van der Waals surface area contributed by atoms with E-state index in [1.54, 1.807) is 5.06 Å². The molecule has 0 spiro atoms. The third kappa shape index (κ3) is 5.30. The molecule has 1 aromatic rings. The van der Waals surface area contributed by atoms with Gasteiger partial charge in [-0.2, -0.15) is 5.06 Å². The minimum absolute atomic E-state index is 0.0458. The van der Waals surface area contributed by atoms with E-state index in [-0.39, 0.29) is 50.9 Å². The van der Waals surface area contributed by atoms with Crippen molar-refractivity contribution in [3.8, 4) is 0 Å². The largest absolute Gasteiger partial charge is 0.458 e. The fourth-order valence-corrected chi connectivity index (χ4v) is 9.18. The first-order valence-corrected chi connectivity index (χ1v) is 18.0. The standard InChI is InChI=1S/C36H45N3O9/c40-16-15-37-28(41)13-14-38-34(43)35-18-27-29-30(47-36(46-29,23-8-9-23)24-10-11-24)32(35)48-39(31(35)33(42)45-27)19-22-5-2-20(3-6-22)1-4-21-7-12-25-26(17-21)44-25/h1-6,21,23-27,29-32,40H,7-19H2,(H,37,41)(H,38,43)/t21?,25?,26?,27-,29+,30+,31+,32-,35+/m1/s1. The summed E-state index contributed by atoms with van der Waals surface area (Å²) in [7, 11) is 0. The van der Waals surface area contributed by atoms with E-state index in [0.717, 1.165) is 56.1 Å². The summed E-state index contributed by atoms with van der Waals surface area (Å²) in [5, 5.41) is 16.2. The maximum Gasteiger partial charge on any atom is 0.327 e. The molecule has 4 saturated heterocycles. The Hall–Kier alpha value is -2.87. The highest BCUT2D eigenvalue weighted by Crippen LogP contribution is 2.63. The molecule has 3 unspecified atom stereocenters. The van der Waals surface area contributed by atoms with Crippen molar-refractivity contribution in [3.05, 3.63) is 41.5 Å². The van der Waals surface area contributed by atoms with Crippen molar-refractivity contribution in [1.82, 2.24) is 15.7 Å². The second kappa shape index (κ2) is 11.9. The summed E-state index contributed by atoms with van der Waals surface area (Å²) < 4.78 is 25.5. The molecule has 8 aliphatic rings. The van der Waals surface area contributed by atoms with Crippen molar-refractivity contribution >= 4 is 23.9 Å². The highest BCUT2D eigenvalue weighted by Gasteiger charge is 2.78. The molecule has 12 heteroatoms. The molecule has 4 heterocycles. The number of carbonyl (C=O) groups is 3. The predicted octanol–water partition coefficient (Wildman–Crippen LogP) is 1.98. The fraction of sp³-hybridized carbons (Fsp3) is 0.694. The molecule has 258 valence electrons. The lowest BCUT2D eigenvalue weighted by atomic mass is 9.62. The van der Waals surface area contributed by atoms with Crippen molar-refractivity contribution in [3.63, 3.8) is 0 Å². The highest BCUT2D eigenvalue weighted by molar-refractivity contribution is 5.94. The molecule has 9 rings (SSSR count). The van der Waals surface area contributed by atoms with E-state index in [0.29, 0.717) is 30.0 Å². The van der Waals surface area contributed by atoms with Gasteiger partial charge in [-0.1, -0.05) is 36.4 Å². The number of hydrogen-bond donors (Lipinski definition) is 3. The molecule has 1 aromatic carbocycles. The van der Waals surface area contributed by atoms with Crippen molar-refractivity contribution < 1.29 is 43.3 Å². The number of esters is 1. The zero-order chi connectivity index (χ0) is 32.6. The van der Waals surface area contributed by atoms with Crippen LogP contribution in [-0.2, 0) is 44.7 Å². The van der Waals surface area contributed by atoms with E-state index in [1.165, 1.54) is 0 Å². The van der Waals surface area contributed by atoms with Gasteiger partial charge in [0.05, 0.1) is 25.4 Å². The Morgan fingerprint density at radius 1 is 0.938 bits per heavy atom. The first-order chi connectivity index (χ1) is 23.4. The summed E-state index contributed by atoms with van der Waals surface area (Å²) in [5.74, 6) is -0.713. The highest BCUT2D eigenvalue weighted by atomic mass is 16.8. The Labute approximate surface area is 279 Å². The zero-order valence-corrected chi connectivity index (χ0v) is 27.1. The van der Waals surface area contributed by atoms with E-state index >= 15 is 0 Å². The van der Waals surface area contributed by atoms with Crippen LogP contribution in [0.3, 0.4) is 0 Å².